The first-order valence-corrected chi connectivity index (χ1v) is 6.98. The molecule has 0 aromatic heterocycles. The Kier molecular flexibility index (Phi) is 3.42. The largest absolute Gasteiger partial charge is 0.453 e. The average molecular weight is 161 g/mol. The molecule has 60 valence electrons. The molecule has 0 aliphatic heterocycles. The smallest absolute Gasteiger partial charge is 0.406 e. The number of hydrogen-bond donors (Lipinski definition) is 1. The third-order valence-corrected chi connectivity index (χ3v) is 2.19. The van der Waals surface area contributed by atoms with E-state index in [1.165, 1.54) is 7.11 Å². The van der Waals surface area contributed by atoms with Gasteiger partial charge in [-0.1, -0.05) is 19.6 Å². The van der Waals surface area contributed by atoms with Gasteiger partial charge in [-0.05, 0) is 0 Å². The highest BCUT2D eigenvalue weighted by Gasteiger charge is 2.13. The van der Waals surface area contributed by atoms with Gasteiger partial charge in [0, 0.05) is 6.17 Å². The summed E-state index contributed by atoms with van der Waals surface area (Å²) >= 11 is 0. The van der Waals surface area contributed by atoms with Crippen LogP contribution in [0.4, 0.5) is 4.79 Å². The summed E-state index contributed by atoms with van der Waals surface area (Å²) in [4.78, 5) is 10.5. The number of carbonyl (C=O) groups excluding carboxylic acids is 1. The minimum absolute atomic E-state index is 0.331. The number of hydrogen-bond acceptors (Lipinski definition) is 2. The van der Waals surface area contributed by atoms with E-state index in [-0.39, 0.29) is 6.09 Å². The fraction of sp³-hybridized carbons (Fsp3) is 0.833. The van der Waals surface area contributed by atoms with Crippen LogP contribution in [0.1, 0.15) is 0 Å². The highest BCUT2D eigenvalue weighted by Crippen LogP contribution is 1.96. The minimum Gasteiger partial charge on any atom is -0.453 e. The predicted octanol–water partition coefficient (Wildman–Crippen LogP) is 1.22. The molecule has 0 saturated carbocycles. The van der Waals surface area contributed by atoms with E-state index in [2.05, 4.69) is 29.7 Å². The molecule has 0 spiro atoms. The van der Waals surface area contributed by atoms with E-state index >= 15 is 0 Å². The molecule has 3 nitrogen and oxygen atoms in total. The molecular formula is C6H15NO2Si. The van der Waals surface area contributed by atoms with Crippen molar-refractivity contribution in [2.24, 2.45) is 0 Å². The molecule has 0 aliphatic carbocycles. The number of carbonyl (C=O) groups is 1. The molecule has 0 radical (unpaired) electrons. The first-order valence-electron chi connectivity index (χ1n) is 3.27. The Labute approximate surface area is 62.8 Å². The van der Waals surface area contributed by atoms with Crippen molar-refractivity contribution in [1.29, 1.82) is 0 Å². The molecule has 0 aromatic carbocycles. The van der Waals surface area contributed by atoms with Gasteiger partial charge in [-0.25, -0.2) is 4.79 Å². The number of rotatable bonds is 2. The van der Waals surface area contributed by atoms with Crippen LogP contribution in [0.2, 0.25) is 19.6 Å². The molecule has 0 rings (SSSR count). The Hall–Kier alpha value is -0.513. The van der Waals surface area contributed by atoms with E-state index in [4.69, 9.17) is 0 Å². The summed E-state index contributed by atoms with van der Waals surface area (Å²) in [6, 6.07) is 0. The van der Waals surface area contributed by atoms with Crippen LogP contribution in [0, 0.1) is 0 Å². The molecule has 10 heavy (non-hydrogen) atoms. The van der Waals surface area contributed by atoms with Crippen LogP contribution < -0.4 is 5.32 Å². The lowest BCUT2D eigenvalue weighted by atomic mass is 11.1. The highest BCUT2D eigenvalue weighted by atomic mass is 28.3. The van der Waals surface area contributed by atoms with E-state index in [0.717, 1.165) is 6.17 Å². The quantitative estimate of drug-likeness (QED) is 0.618. The van der Waals surface area contributed by atoms with E-state index in [1.54, 1.807) is 0 Å². The van der Waals surface area contributed by atoms with Crippen LogP contribution in [-0.2, 0) is 4.74 Å². The van der Waals surface area contributed by atoms with Crippen molar-refractivity contribution in [3.8, 4) is 0 Å². The van der Waals surface area contributed by atoms with Crippen LogP contribution in [-0.4, -0.2) is 27.4 Å². The van der Waals surface area contributed by atoms with Crippen molar-refractivity contribution in [3.63, 3.8) is 0 Å². The van der Waals surface area contributed by atoms with Gasteiger partial charge in [0.05, 0.1) is 15.2 Å². The molecular weight excluding hydrogens is 146 g/mol. The van der Waals surface area contributed by atoms with Crippen LogP contribution in [0.5, 0.6) is 0 Å². The molecule has 0 atom stereocenters. The summed E-state index contributed by atoms with van der Waals surface area (Å²) in [5.41, 5.74) is 0. The molecule has 0 aromatic rings. The molecule has 0 heterocycles. The maximum absolute atomic E-state index is 10.5. The van der Waals surface area contributed by atoms with Gasteiger partial charge in [-0.2, -0.15) is 0 Å². The van der Waals surface area contributed by atoms with E-state index in [9.17, 15) is 4.79 Å². The summed E-state index contributed by atoms with van der Waals surface area (Å²) in [5, 5.41) is 2.67. The summed E-state index contributed by atoms with van der Waals surface area (Å²) in [6.45, 7) is 6.55. The van der Waals surface area contributed by atoms with Crippen LogP contribution >= 0.6 is 0 Å². The third-order valence-electron chi connectivity index (χ3n) is 0.948. The second-order valence-corrected chi connectivity index (χ2v) is 8.88. The zero-order valence-corrected chi connectivity index (χ0v) is 8.02. The summed E-state index contributed by atoms with van der Waals surface area (Å²) in [7, 11) is 0.226. The molecule has 0 saturated heterocycles. The lowest BCUT2D eigenvalue weighted by molar-refractivity contribution is 0.172. The number of nitrogens with one attached hydrogen (secondary N) is 1. The number of ether oxygens (including phenoxy) is 1. The maximum Gasteiger partial charge on any atom is 0.406 e. The lowest BCUT2D eigenvalue weighted by Crippen LogP contribution is -2.39. The van der Waals surface area contributed by atoms with Gasteiger partial charge in [0.15, 0.2) is 0 Å². The Balaban J connectivity index is 3.46. The molecule has 0 fully saturated rings. The van der Waals surface area contributed by atoms with Gasteiger partial charge >= 0.3 is 6.09 Å². The van der Waals surface area contributed by atoms with Crippen molar-refractivity contribution in [3.05, 3.63) is 0 Å². The van der Waals surface area contributed by atoms with Gasteiger partial charge in [0.25, 0.3) is 0 Å². The fourth-order valence-electron chi connectivity index (χ4n) is 0.410. The van der Waals surface area contributed by atoms with Crippen molar-refractivity contribution in [1.82, 2.24) is 5.32 Å². The zero-order chi connectivity index (χ0) is 8.20. The molecule has 4 heteroatoms. The second kappa shape index (κ2) is 3.61. The first-order chi connectivity index (χ1) is 4.45. The molecule has 0 aliphatic rings. The van der Waals surface area contributed by atoms with Crippen LogP contribution in [0.3, 0.4) is 0 Å². The van der Waals surface area contributed by atoms with Gasteiger partial charge < -0.3 is 10.1 Å². The van der Waals surface area contributed by atoms with Gasteiger partial charge in [0.1, 0.15) is 0 Å². The maximum atomic E-state index is 10.5. The van der Waals surface area contributed by atoms with Gasteiger partial charge in [-0.3, -0.25) is 0 Å². The zero-order valence-electron chi connectivity index (χ0n) is 7.02. The summed E-state index contributed by atoms with van der Waals surface area (Å²) in [6.07, 6.45) is 0.446. The number of methoxy groups -OCH3 is 1. The van der Waals surface area contributed by atoms with Gasteiger partial charge in [0.2, 0.25) is 0 Å². The van der Waals surface area contributed by atoms with Crippen molar-refractivity contribution in [2.45, 2.75) is 19.6 Å². The standard InChI is InChI=1S/C6H15NO2Si/c1-9-6(8)7-5-10(2,3)4/h5H2,1-4H3,(H,7,8). The molecule has 0 unspecified atom stereocenters. The summed E-state index contributed by atoms with van der Waals surface area (Å²) < 4.78 is 4.42. The minimum atomic E-state index is -1.15. The lowest BCUT2D eigenvalue weighted by Gasteiger charge is -2.15. The van der Waals surface area contributed by atoms with E-state index in [0.29, 0.717) is 0 Å². The average Bonchev–Trinajstić information content (AvgIpc) is 1.81. The van der Waals surface area contributed by atoms with Crippen molar-refractivity contribution < 1.29 is 9.53 Å². The normalized spacial score (nSPS) is 10.8. The van der Waals surface area contributed by atoms with Crippen LogP contribution in [0.15, 0.2) is 0 Å². The highest BCUT2D eigenvalue weighted by molar-refractivity contribution is 6.76. The van der Waals surface area contributed by atoms with Crippen LogP contribution in [0.25, 0.3) is 0 Å². The van der Waals surface area contributed by atoms with E-state index in [1.807, 2.05) is 0 Å². The Morgan fingerprint density at radius 3 is 2.30 bits per heavy atom. The second-order valence-electron chi connectivity index (χ2n) is 3.41. The third kappa shape index (κ3) is 5.62. The first kappa shape index (κ1) is 9.49. The van der Waals surface area contributed by atoms with Gasteiger partial charge in [-0.15, -0.1) is 0 Å². The Morgan fingerprint density at radius 1 is 1.50 bits per heavy atom. The number of amides is 1. The summed E-state index contributed by atoms with van der Waals surface area (Å²) in [5.74, 6) is 0. The monoisotopic (exact) mass is 161 g/mol. The predicted molar refractivity (Wildman–Crippen MR) is 43.8 cm³/mol. The Bertz CT molecular complexity index is 119. The molecule has 1 N–H and O–H groups in total. The Morgan fingerprint density at radius 2 is 2.00 bits per heavy atom. The molecule has 0 bridgehead atoms. The SMILES string of the molecule is COC(=O)NC[Si](C)(C)C. The number of alkyl carbamates (subject to hydrolysis) is 1. The van der Waals surface area contributed by atoms with E-state index < -0.39 is 8.07 Å². The van der Waals surface area contributed by atoms with Crippen molar-refractivity contribution >= 4 is 14.2 Å². The fourth-order valence-corrected chi connectivity index (χ4v) is 1.08. The van der Waals surface area contributed by atoms with Crippen molar-refractivity contribution in [2.75, 3.05) is 13.3 Å². The molecule has 1 amide bonds. The topological polar surface area (TPSA) is 38.3 Å².